The Morgan fingerprint density at radius 2 is 2.14 bits per heavy atom. The maximum absolute atomic E-state index is 4.46. The van der Waals surface area contributed by atoms with E-state index >= 15 is 0 Å². The number of aromatic amines is 1. The summed E-state index contributed by atoms with van der Waals surface area (Å²) in [4.78, 5) is 18.5. The van der Waals surface area contributed by atoms with E-state index in [4.69, 9.17) is 0 Å². The number of likely N-dealkylation sites (N-methyl/N-ethyl adjacent to an activating group) is 1. The summed E-state index contributed by atoms with van der Waals surface area (Å²) in [5.74, 6) is 1.39. The predicted molar refractivity (Wildman–Crippen MR) is 84.6 cm³/mol. The first kappa shape index (κ1) is 14.1. The number of aromatic nitrogens is 4. The Balaban J connectivity index is 1.63. The highest BCUT2D eigenvalue weighted by Gasteiger charge is 2.19. The van der Waals surface area contributed by atoms with Crippen LogP contribution in [0.15, 0.2) is 6.33 Å². The van der Waals surface area contributed by atoms with Gasteiger partial charge < -0.3 is 20.5 Å². The molecule has 1 saturated carbocycles. The van der Waals surface area contributed by atoms with Crippen molar-refractivity contribution < 1.29 is 0 Å². The van der Waals surface area contributed by atoms with Gasteiger partial charge >= 0.3 is 0 Å². The molecular formula is C14H23N7. The number of hydrogen-bond donors (Lipinski definition) is 3. The third-order valence-corrected chi connectivity index (χ3v) is 4.21. The van der Waals surface area contributed by atoms with Gasteiger partial charge in [0.05, 0.1) is 6.33 Å². The largest absolute Gasteiger partial charge is 0.367 e. The predicted octanol–water partition coefficient (Wildman–Crippen LogP) is 1.68. The van der Waals surface area contributed by atoms with Crippen LogP contribution in [-0.4, -0.2) is 58.1 Å². The van der Waals surface area contributed by atoms with Gasteiger partial charge in [0.15, 0.2) is 11.5 Å². The number of imidazole rings is 1. The molecule has 1 fully saturated rings. The first-order valence-electron chi connectivity index (χ1n) is 7.61. The maximum atomic E-state index is 4.46. The molecule has 1 aliphatic rings. The molecule has 0 radical (unpaired) electrons. The van der Waals surface area contributed by atoms with Crippen LogP contribution >= 0.6 is 0 Å². The van der Waals surface area contributed by atoms with Crippen LogP contribution in [0.4, 0.5) is 11.8 Å². The van der Waals surface area contributed by atoms with Gasteiger partial charge in [0.25, 0.3) is 0 Å². The summed E-state index contributed by atoms with van der Waals surface area (Å²) in [5, 5.41) is 6.37. The highest BCUT2D eigenvalue weighted by Crippen LogP contribution is 2.22. The third-order valence-electron chi connectivity index (χ3n) is 4.21. The number of fused-ring (bicyclic) bond motifs is 1. The molecule has 7 heteroatoms. The van der Waals surface area contributed by atoms with Crippen LogP contribution in [0.1, 0.15) is 25.7 Å². The van der Waals surface area contributed by atoms with E-state index in [1.807, 2.05) is 7.05 Å². The molecule has 7 nitrogen and oxygen atoms in total. The smallest absolute Gasteiger partial charge is 0.226 e. The topological polar surface area (TPSA) is 81.8 Å². The molecule has 2 aromatic heterocycles. The fourth-order valence-electron chi connectivity index (χ4n) is 2.95. The van der Waals surface area contributed by atoms with Crippen molar-refractivity contribution in [3.8, 4) is 0 Å². The molecule has 0 aromatic carbocycles. The number of rotatable bonds is 6. The summed E-state index contributed by atoms with van der Waals surface area (Å²) >= 11 is 0. The minimum absolute atomic E-state index is 0.584. The van der Waals surface area contributed by atoms with E-state index in [0.29, 0.717) is 11.6 Å². The quantitative estimate of drug-likeness (QED) is 0.750. The van der Waals surface area contributed by atoms with Crippen LogP contribution in [0.2, 0.25) is 0 Å². The van der Waals surface area contributed by atoms with Gasteiger partial charge in [0, 0.05) is 26.2 Å². The van der Waals surface area contributed by atoms with Gasteiger partial charge in [0.2, 0.25) is 5.95 Å². The summed E-state index contributed by atoms with van der Waals surface area (Å²) in [6, 6.07) is 0.747. The second-order valence-electron chi connectivity index (χ2n) is 5.59. The number of anilines is 2. The minimum atomic E-state index is 0.584. The van der Waals surface area contributed by atoms with Crippen LogP contribution in [0, 0.1) is 0 Å². The lowest BCUT2D eigenvalue weighted by Gasteiger charge is -2.24. The second kappa shape index (κ2) is 6.26. The van der Waals surface area contributed by atoms with E-state index in [-0.39, 0.29) is 0 Å². The standard InChI is InChI=1S/C14H23N7/c1-15-14-19-12(11-13(20-14)18-9-17-11)16-7-8-21(2)10-5-3-4-6-10/h9-10H,3-8H2,1-2H3,(H3,15,16,17,18,19,20). The SMILES string of the molecule is CNc1nc(NCCN(C)C2CCCC2)c2[nH]cnc2n1. The summed E-state index contributed by atoms with van der Waals surface area (Å²) in [7, 11) is 4.02. The van der Waals surface area contributed by atoms with Gasteiger partial charge in [-0.3, -0.25) is 0 Å². The van der Waals surface area contributed by atoms with Crippen molar-refractivity contribution in [2.75, 3.05) is 37.8 Å². The van der Waals surface area contributed by atoms with Gasteiger partial charge in [-0.1, -0.05) is 12.8 Å². The average molecular weight is 289 g/mol. The molecule has 0 aliphatic heterocycles. The number of nitrogens with zero attached hydrogens (tertiary/aromatic N) is 4. The summed E-state index contributed by atoms with van der Waals surface area (Å²) in [5.41, 5.74) is 1.54. The normalized spacial score (nSPS) is 16.0. The zero-order chi connectivity index (χ0) is 14.7. The van der Waals surface area contributed by atoms with Crippen molar-refractivity contribution in [2.45, 2.75) is 31.7 Å². The molecule has 3 rings (SSSR count). The Labute approximate surface area is 124 Å². The van der Waals surface area contributed by atoms with E-state index in [1.165, 1.54) is 25.7 Å². The lowest BCUT2D eigenvalue weighted by Crippen LogP contribution is -2.33. The summed E-state index contributed by atoms with van der Waals surface area (Å²) in [6.07, 6.45) is 7.05. The Hall–Kier alpha value is -1.89. The molecule has 114 valence electrons. The van der Waals surface area contributed by atoms with Crippen molar-refractivity contribution in [1.29, 1.82) is 0 Å². The van der Waals surface area contributed by atoms with Crippen molar-refractivity contribution >= 4 is 22.9 Å². The van der Waals surface area contributed by atoms with E-state index in [1.54, 1.807) is 6.33 Å². The lowest BCUT2D eigenvalue weighted by molar-refractivity contribution is 0.254. The van der Waals surface area contributed by atoms with Gasteiger partial charge in [-0.05, 0) is 19.9 Å². The van der Waals surface area contributed by atoms with E-state index in [0.717, 1.165) is 30.5 Å². The average Bonchev–Trinajstić information content (AvgIpc) is 3.17. The Bertz CT molecular complexity index is 588. The molecule has 0 unspecified atom stereocenters. The molecule has 0 bridgehead atoms. The van der Waals surface area contributed by atoms with Gasteiger partial charge in [-0.2, -0.15) is 9.97 Å². The van der Waals surface area contributed by atoms with Crippen LogP contribution in [0.25, 0.3) is 11.2 Å². The molecule has 1 aliphatic carbocycles. The highest BCUT2D eigenvalue weighted by atomic mass is 15.2. The van der Waals surface area contributed by atoms with Crippen LogP contribution in [0.3, 0.4) is 0 Å². The molecule has 0 amide bonds. The van der Waals surface area contributed by atoms with Gasteiger partial charge in [-0.25, -0.2) is 4.98 Å². The van der Waals surface area contributed by atoms with Crippen molar-refractivity contribution in [3.63, 3.8) is 0 Å². The number of hydrogen-bond acceptors (Lipinski definition) is 6. The number of H-pyrrole nitrogens is 1. The Morgan fingerprint density at radius 1 is 1.33 bits per heavy atom. The second-order valence-corrected chi connectivity index (χ2v) is 5.59. The van der Waals surface area contributed by atoms with Crippen LogP contribution in [0.5, 0.6) is 0 Å². The van der Waals surface area contributed by atoms with Crippen LogP contribution in [-0.2, 0) is 0 Å². The van der Waals surface area contributed by atoms with Gasteiger partial charge in [-0.15, -0.1) is 0 Å². The minimum Gasteiger partial charge on any atom is -0.367 e. The van der Waals surface area contributed by atoms with Crippen molar-refractivity contribution in [3.05, 3.63) is 6.33 Å². The molecule has 0 spiro atoms. The molecule has 0 saturated heterocycles. The van der Waals surface area contributed by atoms with E-state index in [9.17, 15) is 0 Å². The zero-order valence-electron chi connectivity index (χ0n) is 12.7. The maximum Gasteiger partial charge on any atom is 0.226 e. The summed E-state index contributed by atoms with van der Waals surface area (Å²) < 4.78 is 0. The number of nitrogens with one attached hydrogen (secondary N) is 3. The molecule has 2 aromatic rings. The van der Waals surface area contributed by atoms with E-state index < -0.39 is 0 Å². The third kappa shape index (κ3) is 3.07. The molecule has 2 heterocycles. The first-order chi connectivity index (χ1) is 10.3. The van der Waals surface area contributed by atoms with Crippen LogP contribution < -0.4 is 10.6 Å². The monoisotopic (exact) mass is 289 g/mol. The Kier molecular flexibility index (Phi) is 4.19. The molecular weight excluding hydrogens is 266 g/mol. The first-order valence-corrected chi connectivity index (χ1v) is 7.61. The fourth-order valence-corrected chi connectivity index (χ4v) is 2.95. The van der Waals surface area contributed by atoms with Crippen molar-refractivity contribution in [2.24, 2.45) is 0 Å². The zero-order valence-corrected chi connectivity index (χ0v) is 12.7. The summed E-state index contributed by atoms with van der Waals surface area (Å²) in [6.45, 7) is 1.88. The van der Waals surface area contributed by atoms with Gasteiger partial charge in [0.1, 0.15) is 5.52 Å². The molecule has 3 N–H and O–H groups in total. The molecule has 0 atom stereocenters. The lowest BCUT2D eigenvalue weighted by atomic mass is 10.2. The van der Waals surface area contributed by atoms with Crippen molar-refractivity contribution in [1.82, 2.24) is 24.8 Å². The highest BCUT2D eigenvalue weighted by molar-refractivity contribution is 5.83. The Morgan fingerprint density at radius 3 is 2.90 bits per heavy atom. The molecule has 21 heavy (non-hydrogen) atoms. The fraction of sp³-hybridized carbons (Fsp3) is 0.643. The van der Waals surface area contributed by atoms with E-state index in [2.05, 4.69) is 42.5 Å².